The summed E-state index contributed by atoms with van der Waals surface area (Å²) in [4.78, 5) is 12.0. The van der Waals surface area contributed by atoms with Gasteiger partial charge in [0.2, 0.25) is 5.91 Å². The third kappa shape index (κ3) is 2.95. The number of hydrogen-bond donors (Lipinski definition) is 2. The highest BCUT2D eigenvalue weighted by Gasteiger charge is 2.27. The number of hydrogen-bond acceptors (Lipinski definition) is 3. The van der Waals surface area contributed by atoms with Crippen molar-refractivity contribution in [2.75, 3.05) is 20.2 Å². The molecule has 2 rings (SSSR count). The van der Waals surface area contributed by atoms with Crippen molar-refractivity contribution >= 4 is 5.91 Å². The van der Waals surface area contributed by atoms with Gasteiger partial charge in [-0.05, 0) is 38.6 Å². The highest BCUT2D eigenvalue weighted by molar-refractivity contribution is 5.79. The maximum atomic E-state index is 12.0. The lowest BCUT2D eigenvalue weighted by atomic mass is 9.86. The van der Waals surface area contributed by atoms with Crippen molar-refractivity contribution in [3.05, 3.63) is 0 Å². The van der Waals surface area contributed by atoms with Crippen LogP contribution in [0.1, 0.15) is 32.1 Å². The van der Waals surface area contributed by atoms with Crippen LogP contribution in [0.2, 0.25) is 0 Å². The summed E-state index contributed by atoms with van der Waals surface area (Å²) in [5.41, 5.74) is 0. The van der Waals surface area contributed by atoms with Gasteiger partial charge in [-0.3, -0.25) is 4.79 Å². The quantitative estimate of drug-likeness (QED) is 0.743. The van der Waals surface area contributed by atoms with E-state index >= 15 is 0 Å². The SMILES string of the molecule is COC1CCC(C(=O)NC2CCNC2)CC1. The molecule has 2 fully saturated rings. The fourth-order valence-corrected chi connectivity index (χ4v) is 2.66. The Morgan fingerprint density at radius 1 is 1.25 bits per heavy atom. The van der Waals surface area contributed by atoms with Crippen LogP contribution in [0.25, 0.3) is 0 Å². The molecule has 92 valence electrons. The Bertz CT molecular complexity index is 231. The summed E-state index contributed by atoms with van der Waals surface area (Å²) in [7, 11) is 1.76. The molecule has 4 nitrogen and oxygen atoms in total. The number of methoxy groups -OCH3 is 1. The third-order valence-electron chi connectivity index (χ3n) is 3.79. The Labute approximate surface area is 97.1 Å². The molecular weight excluding hydrogens is 204 g/mol. The second-order valence-corrected chi connectivity index (χ2v) is 4.91. The van der Waals surface area contributed by atoms with Crippen LogP contribution in [0.3, 0.4) is 0 Å². The van der Waals surface area contributed by atoms with Crippen molar-refractivity contribution in [3.63, 3.8) is 0 Å². The van der Waals surface area contributed by atoms with E-state index in [0.29, 0.717) is 12.1 Å². The molecule has 0 aromatic rings. The second kappa shape index (κ2) is 5.64. The van der Waals surface area contributed by atoms with Gasteiger partial charge in [-0.1, -0.05) is 0 Å². The van der Waals surface area contributed by atoms with E-state index in [1.165, 1.54) is 0 Å². The minimum Gasteiger partial charge on any atom is -0.381 e. The summed E-state index contributed by atoms with van der Waals surface area (Å²) in [6.07, 6.45) is 5.44. The highest BCUT2D eigenvalue weighted by atomic mass is 16.5. The van der Waals surface area contributed by atoms with Gasteiger partial charge in [-0.25, -0.2) is 0 Å². The average Bonchev–Trinajstić information content (AvgIpc) is 2.82. The number of carbonyl (C=O) groups excluding carboxylic acids is 1. The van der Waals surface area contributed by atoms with Crippen LogP contribution < -0.4 is 10.6 Å². The minimum absolute atomic E-state index is 0.215. The Kier molecular flexibility index (Phi) is 4.18. The lowest BCUT2D eigenvalue weighted by molar-refractivity contribution is -0.127. The lowest BCUT2D eigenvalue weighted by Crippen LogP contribution is -2.41. The van der Waals surface area contributed by atoms with E-state index in [9.17, 15) is 4.79 Å². The van der Waals surface area contributed by atoms with E-state index in [1.54, 1.807) is 7.11 Å². The maximum absolute atomic E-state index is 12.0. The van der Waals surface area contributed by atoms with Gasteiger partial charge < -0.3 is 15.4 Å². The molecule has 1 unspecified atom stereocenters. The first kappa shape index (κ1) is 11.9. The van der Waals surface area contributed by atoms with Crippen LogP contribution in [0.15, 0.2) is 0 Å². The summed E-state index contributed by atoms with van der Waals surface area (Å²) in [6.45, 7) is 1.96. The fraction of sp³-hybridized carbons (Fsp3) is 0.917. The molecule has 0 bridgehead atoms. The van der Waals surface area contributed by atoms with Crippen LogP contribution in [0.4, 0.5) is 0 Å². The van der Waals surface area contributed by atoms with Crippen molar-refractivity contribution in [2.45, 2.75) is 44.2 Å². The molecule has 0 aromatic carbocycles. The zero-order valence-electron chi connectivity index (χ0n) is 10.00. The van der Waals surface area contributed by atoms with Gasteiger partial charge in [0.1, 0.15) is 0 Å². The molecule has 1 aliphatic carbocycles. The number of amides is 1. The molecule has 2 aliphatic rings. The largest absolute Gasteiger partial charge is 0.381 e. The molecule has 0 aromatic heterocycles. The molecule has 1 saturated heterocycles. The molecule has 0 spiro atoms. The number of rotatable bonds is 3. The van der Waals surface area contributed by atoms with E-state index in [-0.39, 0.29) is 11.8 Å². The Hall–Kier alpha value is -0.610. The summed E-state index contributed by atoms with van der Waals surface area (Å²) in [5.74, 6) is 0.468. The van der Waals surface area contributed by atoms with Gasteiger partial charge in [-0.15, -0.1) is 0 Å². The first-order chi connectivity index (χ1) is 7.79. The Morgan fingerprint density at radius 3 is 2.56 bits per heavy atom. The normalized spacial score (nSPS) is 34.9. The van der Waals surface area contributed by atoms with Crippen LogP contribution >= 0.6 is 0 Å². The van der Waals surface area contributed by atoms with E-state index < -0.39 is 0 Å². The summed E-state index contributed by atoms with van der Waals surface area (Å²) in [6, 6.07) is 0.354. The monoisotopic (exact) mass is 226 g/mol. The van der Waals surface area contributed by atoms with Crippen molar-refractivity contribution in [2.24, 2.45) is 5.92 Å². The Morgan fingerprint density at radius 2 is 2.00 bits per heavy atom. The van der Waals surface area contributed by atoms with Crippen LogP contribution in [0.5, 0.6) is 0 Å². The van der Waals surface area contributed by atoms with Crippen molar-refractivity contribution in [1.29, 1.82) is 0 Å². The number of ether oxygens (including phenoxy) is 1. The van der Waals surface area contributed by atoms with Crippen molar-refractivity contribution in [3.8, 4) is 0 Å². The second-order valence-electron chi connectivity index (χ2n) is 4.91. The van der Waals surface area contributed by atoms with E-state index in [4.69, 9.17) is 4.74 Å². The van der Waals surface area contributed by atoms with Gasteiger partial charge in [0, 0.05) is 25.6 Å². The predicted molar refractivity (Wildman–Crippen MR) is 62.2 cm³/mol. The van der Waals surface area contributed by atoms with Gasteiger partial charge in [0.25, 0.3) is 0 Å². The zero-order valence-corrected chi connectivity index (χ0v) is 10.00. The van der Waals surface area contributed by atoms with Gasteiger partial charge in [0.15, 0.2) is 0 Å². The van der Waals surface area contributed by atoms with Crippen LogP contribution in [-0.4, -0.2) is 38.3 Å². The summed E-state index contributed by atoms with van der Waals surface area (Å²) < 4.78 is 5.31. The molecule has 1 amide bonds. The molecule has 0 radical (unpaired) electrons. The zero-order chi connectivity index (χ0) is 11.4. The maximum Gasteiger partial charge on any atom is 0.223 e. The minimum atomic E-state index is 0.215. The average molecular weight is 226 g/mol. The Balaban J connectivity index is 1.73. The van der Waals surface area contributed by atoms with E-state index in [1.807, 2.05) is 0 Å². The molecule has 16 heavy (non-hydrogen) atoms. The predicted octanol–water partition coefficient (Wildman–Crippen LogP) is 0.670. The van der Waals surface area contributed by atoms with Crippen molar-refractivity contribution < 1.29 is 9.53 Å². The standard InChI is InChI=1S/C12H22N2O2/c1-16-11-4-2-9(3-5-11)12(15)14-10-6-7-13-8-10/h9-11,13H,2-8H2,1H3,(H,14,15). The van der Waals surface area contributed by atoms with Gasteiger partial charge >= 0.3 is 0 Å². The van der Waals surface area contributed by atoms with E-state index in [2.05, 4.69) is 10.6 Å². The van der Waals surface area contributed by atoms with Crippen molar-refractivity contribution in [1.82, 2.24) is 10.6 Å². The molecule has 1 aliphatic heterocycles. The first-order valence-corrected chi connectivity index (χ1v) is 6.33. The van der Waals surface area contributed by atoms with E-state index in [0.717, 1.165) is 45.2 Å². The fourth-order valence-electron chi connectivity index (χ4n) is 2.66. The van der Waals surface area contributed by atoms with Gasteiger partial charge in [0.05, 0.1) is 6.10 Å². The molecule has 1 saturated carbocycles. The molecule has 4 heteroatoms. The summed E-state index contributed by atoms with van der Waals surface area (Å²) in [5, 5.41) is 6.40. The van der Waals surface area contributed by atoms with Crippen LogP contribution in [0, 0.1) is 5.92 Å². The number of carbonyl (C=O) groups is 1. The first-order valence-electron chi connectivity index (χ1n) is 6.33. The topological polar surface area (TPSA) is 50.4 Å². The number of nitrogens with one attached hydrogen (secondary N) is 2. The highest BCUT2D eigenvalue weighted by Crippen LogP contribution is 2.26. The third-order valence-corrected chi connectivity index (χ3v) is 3.79. The molecule has 1 heterocycles. The molecule has 2 N–H and O–H groups in total. The lowest BCUT2D eigenvalue weighted by Gasteiger charge is -2.27. The molecular formula is C12H22N2O2. The molecule has 1 atom stereocenters. The van der Waals surface area contributed by atoms with Crippen LogP contribution in [-0.2, 0) is 9.53 Å². The summed E-state index contributed by atoms with van der Waals surface area (Å²) >= 11 is 0. The van der Waals surface area contributed by atoms with Gasteiger partial charge in [-0.2, -0.15) is 0 Å². The smallest absolute Gasteiger partial charge is 0.223 e.